The van der Waals surface area contributed by atoms with Gasteiger partial charge in [-0.1, -0.05) is 11.6 Å². The van der Waals surface area contributed by atoms with Crippen LogP contribution in [0.1, 0.15) is 18.4 Å². The lowest BCUT2D eigenvalue weighted by molar-refractivity contribution is -0.120. The molecular formula is C13H18Cl2N2O2. The number of nitrogens with one attached hydrogen (secondary N) is 2. The Bertz CT molecular complexity index is 460. The highest BCUT2D eigenvalue weighted by Gasteiger charge is 2.22. The molecular weight excluding hydrogens is 287 g/mol. The third kappa shape index (κ3) is 4.00. The molecule has 3 N–H and O–H groups in total. The molecule has 0 spiro atoms. The molecule has 0 unspecified atom stereocenters. The number of piperidine rings is 1. The van der Waals surface area contributed by atoms with Gasteiger partial charge in [0.25, 0.3) is 0 Å². The van der Waals surface area contributed by atoms with Crippen molar-refractivity contribution < 1.29 is 9.90 Å². The average molecular weight is 305 g/mol. The lowest BCUT2D eigenvalue weighted by Crippen LogP contribution is -2.34. The van der Waals surface area contributed by atoms with Crippen LogP contribution in [0.15, 0.2) is 12.1 Å². The minimum Gasteiger partial charge on any atom is -0.505 e. The van der Waals surface area contributed by atoms with Crippen LogP contribution in [-0.4, -0.2) is 24.1 Å². The maximum absolute atomic E-state index is 12.0. The largest absolute Gasteiger partial charge is 0.505 e. The van der Waals surface area contributed by atoms with E-state index in [-0.39, 0.29) is 30.0 Å². The molecule has 0 bridgehead atoms. The van der Waals surface area contributed by atoms with Crippen LogP contribution in [0.25, 0.3) is 0 Å². The first kappa shape index (κ1) is 16.1. The highest BCUT2D eigenvalue weighted by atomic mass is 35.5. The predicted molar refractivity (Wildman–Crippen MR) is 79.3 cm³/mol. The number of hydrogen-bond donors (Lipinski definition) is 3. The van der Waals surface area contributed by atoms with Gasteiger partial charge in [-0.3, -0.25) is 4.79 Å². The van der Waals surface area contributed by atoms with Crippen LogP contribution in [0.2, 0.25) is 5.02 Å². The smallest absolute Gasteiger partial charge is 0.227 e. The third-order valence-electron chi connectivity index (χ3n) is 3.23. The number of benzene rings is 1. The van der Waals surface area contributed by atoms with Crippen molar-refractivity contribution in [1.82, 2.24) is 5.32 Å². The molecule has 1 aromatic carbocycles. The van der Waals surface area contributed by atoms with Crippen molar-refractivity contribution in [3.63, 3.8) is 0 Å². The molecule has 0 radical (unpaired) electrons. The number of phenols is 1. The molecule has 1 aromatic rings. The monoisotopic (exact) mass is 304 g/mol. The Morgan fingerprint density at radius 3 is 2.68 bits per heavy atom. The van der Waals surface area contributed by atoms with E-state index in [4.69, 9.17) is 11.6 Å². The van der Waals surface area contributed by atoms with Gasteiger partial charge < -0.3 is 15.7 Å². The van der Waals surface area contributed by atoms with Crippen molar-refractivity contribution in [3.8, 4) is 5.75 Å². The first-order valence-corrected chi connectivity index (χ1v) is 6.46. The van der Waals surface area contributed by atoms with Crippen molar-refractivity contribution in [2.24, 2.45) is 5.92 Å². The third-order valence-corrected chi connectivity index (χ3v) is 3.45. The van der Waals surface area contributed by atoms with E-state index in [0.29, 0.717) is 16.3 Å². The van der Waals surface area contributed by atoms with Crippen LogP contribution in [0.3, 0.4) is 0 Å². The van der Waals surface area contributed by atoms with Gasteiger partial charge in [-0.25, -0.2) is 0 Å². The van der Waals surface area contributed by atoms with Gasteiger partial charge in [-0.2, -0.15) is 0 Å². The normalized spacial score (nSPS) is 15.7. The topological polar surface area (TPSA) is 61.4 Å². The molecule has 1 fully saturated rings. The number of amides is 1. The molecule has 4 nitrogen and oxygen atoms in total. The molecule has 106 valence electrons. The summed E-state index contributed by atoms with van der Waals surface area (Å²) in [6.07, 6.45) is 1.65. The molecule has 1 saturated heterocycles. The SMILES string of the molecule is Cc1cc(Cl)cc(NC(=O)C2CCNCC2)c1O.Cl. The van der Waals surface area contributed by atoms with Crippen LogP contribution in [0.5, 0.6) is 5.75 Å². The van der Waals surface area contributed by atoms with Crippen molar-refractivity contribution in [1.29, 1.82) is 0 Å². The Morgan fingerprint density at radius 2 is 2.05 bits per heavy atom. The van der Waals surface area contributed by atoms with E-state index in [1.54, 1.807) is 19.1 Å². The summed E-state index contributed by atoms with van der Waals surface area (Å²) in [6.45, 7) is 3.47. The fourth-order valence-corrected chi connectivity index (χ4v) is 2.42. The van der Waals surface area contributed by atoms with E-state index >= 15 is 0 Å². The number of anilines is 1. The van der Waals surface area contributed by atoms with Gasteiger partial charge in [0.2, 0.25) is 5.91 Å². The summed E-state index contributed by atoms with van der Waals surface area (Å²) in [5.41, 5.74) is 1.05. The minimum atomic E-state index is -0.0477. The number of carbonyl (C=O) groups is 1. The maximum Gasteiger partial charge on any atom is 0.227 e. The Morgan fingerprint density at radius 1 is 1.42 bits per heavy atom. The van der Waals surface area contributed by atoms with Crippen LogP contribution in [0, 0.1) is 12.8 Å². The van der Waals surface area contributed by atoms with Gasteiger partial charge in [0.15, 0.2) is 0 Å². The van der Waals surface area contributed by atoms with E-state index < -0.39 is 0 Å². The zero-order valence-corrected chi connectivity index (χ0v) is 12.3. The number of phenolic OH excluding ortho intramolecular Hbond substituents is 1. The second-order valence-corrected chi connectivity index (χ2v) is 5.07. The number of carbonyl (C=O) groups excluding carboxylic acids is 1. The summed E-state index contributed by atoms with van der Waals surface area (Å²) >= 11 is 5.92. The number of rotatable bonds is 2. The van der Waals surface area contributed by atoms with Crippen molar-refractivity contribution in [3.05, 3.63) is 22.7 Å². The summed E-state index contributed by atoms with van der Waals surface area (Å²) in [5, 5.41) is 16.4. The molecule has 1 aliphatic heterocycles. The molecule has 19 heavy (non-hydrogen) atoms. The van der Waals surface area contributed by atoms with E-state index in [9.17, 15) is 9.90 Å². The van der Waals surface area contributed by atoms with Crippen molar-refractivity contribution in [2.75, 3.05) is 18.4 Å². The molecule has 0 aromatic heterocycles. The lowest BCUT2D eigenvalue weighted by atomic mass is 9.97. The minimum absolute atomic E-state index is 0. The average Bonchev–Trinajstić information content (AvgIpc) is 2.36. The van der Waals surface area contributed by atoms with Crippen LogP contribution in [0.4, 0.5) is 5.69 Å². The first-order valence-electron chi connectivity index (χ1n) is 6.08. The number of halogens is 2. The quantitative estimate of drug-likeness (QED) is 0.736. The second kappa shape index (κ2) is 6.98. The summed E-state index contributed by atoms with van der Waals surface area (Å²) in [5.74, 6) is 0.0417. The lowest BCUT2D eigenvalue weighted by Gasteiger charge is -2.22. The molecule has 6 heteroatoms. The molecule has 1 heterocycles. The molecule has 1 aliphatic rings. The fraction of sp³-hybridized carbons (Fsp3) is 0.462. The zero-order valence-electron chi connectivity index (χ0n) is 10.7. The number of aromatic hydroxyl groups is 1. The van der Waals surface area contributed by atoms with Gasteiger partial charge in [0, 0.05) is 10.9 Å². The molecule has 2 rings (SSSR count). The van der Waals surface area contributed by atoms with Crippen molar-refractivity contribution in [2.45, 2.75) is 19.8 Å². The summed E-state index contributed by atoms with van der Waals surface area (Å²) in [7, 11) is 0. The predicted octanol–water partition coefficient (Wildman–Crippen LogP) is 2.71. The van der Waals surface area contributed by atoms with Crippen molar-refractivity contribution >= 4 is 35.6 Å². The molecule has 0 atom stereocenters. The first-order chi connectivity index (χ1) is 8.58. The van der Waals surface area contributed by atoms with Gasteiger partial charge in [0.1, 0.15) is 5.75 Å². The van der Waals surface area contributed by atoms with E-state index in [2.05, 4.69) is 10.6 Å². The molecule has 0 saturated carbocycles. The Balaban J connectivity index is 0.00000180. The van der Waals surface area contributed by atoms with Crippen LogP contribution in [-0.2, 0) is 4.79 Å². The summed E-state index contributed by atoms with van der Waals surface area (Å²) in [4.78, 5) is 12.0. The summed E-state index contributed by atoms with van der Waals surface area (Å²) in [6, 6.07) is 3.24. The van der Waals surface area contributed by atoms with E-state index in [1.165, 1.54) is 0 Å². The Labute approximate surface area is 123 Å². The van der Waals surface area contributed by atoms with E-state index in [0.717, 1.165) is 25.9 Å². The second-order valence-electron chi connectivity index (χ2n) is 4.63. The van der Waals surface area contributed by atoms with Gasteiger partial charge >= 0.3 is 0 Å². The van der Waals surface area contributed by atoms with Gasteiger partial charge in [0.05, 0.1) is 5.69 Å². The number of hydrogen-bond acceptors (Lipinski definition) is 3. The van der Waals surface area contributed by atoms with E-state index in [1.807, 2.05) is 0 Å². The zero-order chi connectivity index (χ0) is 13.1. The Kier molecular flexibility index (Phi) is 5.91. The standard InChI is InChI=1S/C13H17ClN2O2.ClH/c1-8-6-10(14)7-11(12(8)17)16-13(18)9-2-4-15-5-3-9;/h6-7,9,15,17H,2-5H2,1H3,(H,16,18);1H. The molecule has 1 amide bonds. The fourth-order valence-electron chi connectivity index (χ4n) is 2.15. The van der Waals surface area contributed by atoms with Crippen LogP contribution < -0.4 is 10.6 Å². The molecule has 0 aliphatic carbocycles. The van der Waals surface area contributed by atoms with Gasteiger partial charge in [-0.05, 0) is 50.6 Å². The van der Waals surface area contributed by atoms with Gasteiger partial charge in [-0.15, -0.1) is 12.4 Å². The Hall–Kier alpha value is -0.970. The number of aryl methyl sites for hydroxylation is 1. The summed E-state index contributed by atoms with van der Waals surface area (Å²) < 4.78 is 0. The highest BCUT2D eigenvalue weighted by Crippen LogP contribution is 2.31. The van der Waals surface area contributed by atoms with Crippen LogP contribution >= 0.6 is 24.0 Å². The maximum atomic E-state index is 12.0. The highest BCUT2D eigenvalue weighted by molar-refractivity contribution is 6.31.